The standard InChI is InChI=1S/C19H17N3S/c1-13-5-6-14(10-20)18(9-13)23-22-12-16-7-8-21-11-15-3-2-4-17(22)19(15)16/h2-6,9,12,21H,7-8,11H2,1H3. The SMILES string of the molecule is Cc1ccc(C#N)c(Sn2cc3c4c(cccc42)CNCC3)c1. The summed E-state index contributed by atoms with van der Waals surface area (Å²) in [6.07, 6.45) is 3.27. The second kappa shape index (κ2) is 5.77. The quantitative estimate of drug-likeness (QED) is 0.775. The minimum absolute atomic E-state index is 0.730. The van der Waals surface area contributed by atoms with Crippen molar-refractivity contribution < 1.29 is 0 Å². The number of hydrogen-bond donors (Lipinski definition) is 1. The Labute approximate surface area is 140 Å². The summed E-state index contributed by atoms with van der Waals surface area (Å²) in [5.41, 5.74) is 5.89. The van der Waals surface area contributed by atoms with Gasteiger partial charge in [-0.05, 0) is 66.7 Å². The normalized spacial score (nSPS) is 13.7. The molecule has 0 atom stereocenters. The van der Waals surface area contributed by atoms with E-state index in [4.69, 9.17) is 0 Å². The minimum Gasteiger partial charge on any atom is -0.312 e. The van der Waals surface area contributed by atoms with Crippen molar-refractivity contribution in [2.24, 2.45) is 0 Å². The van der Waals surface area contributed by atoms with Crippen molar-refractivity contribution in [3.8, 4) is 6.07 Å². The van der Waals surface area contributed by atoms with Gasteiger partial charge in [0, 0.05) is 23.0 Å². The van der Waals surface area contributed by atoms with Crippen LogP contribution in [0, 0.1) is 18.3 Å². The van der Waals surface area contributed by atoms with Crippen LogP contribution in [0.3, 0.4) is 0 Å². The lowest BCUT2D eigenvalue weighted by Gasteiger charge is -2.08. The molecule has 0 spiro atoms. The molecule has 1 aliphatic rings. The molecule has 1 aromatic heterocycles. The summed E-state index contributed by atoms with van der Waals surface area (Å²) in [5, 5.41) is 14.2. The third-order valence-electron chi connectivity index (χ3n) is 4.30. The lowest BCUT2D eigenvalue weighted by atomic mass is 10.1. The largest absolute Gasteiger partial charge is 0.312 e. The summed E-state index contributed by atoms with van der Waals surface area (Å²) in [7, 11) is 0. The summed E-state index contributed by atoms with van der Waals surface area (Å²) in [5.74, 6) is 0. The predicted octanol–water partition coefficient (Wildman–Crippen LogP) is 4.02. The van der Waals surface area contributed by atoms with Crippen molar-refractivity contribution in [2.45, 2.75) is 24.8 Å². The Hall–Kier alpha value is -2.22. The van der Waals surface area contributed by atoms with Crippen LogP contribution in [0.5, 0.6) is 0 Å². The first kappa shape index (κ1) is 14.4. The van der Waals surface area contributed by atoms with Crippen LogP contribution in [-0.4, -0.2) is 10.5 Å². The van der Waals surface area contributed by atoms with Crippen molar-refractivity contribution in [1.82, 2.24) is 9.29 Å². The Bertz CT molecular complexity index is 934. The van der Waals surface area contributed by atoms with Crippen LogP contribution in [0.4, 0.5) is 0 Å². The van der Waals surface area contributed by atoms with Gasteiger partial charge in [0.05, 0.1) is 11.1 Å². The van der Waals surface area contributed by atoms with Crippen LogP contribution in [0.1, 0.15) is 22.3 Å². The second-order valence-electron chi connectivity index (χ2n) is 5.92. The van der Waals surface area contributed by atoms with E-state index in [0.29, 0.717) is 0 Å². The Kier molecular flexibility index (Phi) is 3.60. The van der Waals surface area contributed by atoms with Crippen molar-refractivity contribution in [3.63, 3.8) is 0 Å². The maximum Gasteiger partial charge on any atom is 0.100 e. The van der Waals surface area contributed by atoms with Crippen LogP contribution < -0.4 is 5.32 Å². The first-order valence-corrected chi connectivity index (χ1v) is 8.55. The Balaban J connectivity index is 1.85. The van der Waals surface area contributed by atoms with Gasteiger partial charge in [-0.25, -0.2) is 0 Å². The molecule has 0 unspecified atom stereocenters. The zero-order valence-corrected chi connectivity index (χ0v) is 13.8. The van der Waals surface area contributed by atoms with Gasteiger partial charge in [-0.1, -0.05) is 18.2 Å². The third-order valence-corrected chi connectivity index (χ3v) is 5.33. The molecule has 2 heterocycles. The van der Waals surface area contributed by atoms with E-state index >= 15 is 0 Å². The lowest BCUT2D eigenvalue weighted by Crippen LogP contribution is -2.13. The van der Waals surface area contributed by atoms with Crippen molar-refractivity contribution >= 4 is 22.9 Å². The number of rotatable bonds is 2. The fourth-order valence-corrected chi connectivity index (χ4v) is 4.27. The molecule has 3 aromatic rings. The summed E-state index contributed by atoms with van der Waals surface area (Å²) in [6.45, 7) is 3.99. The molecular weight excluding hydrogens is 302 g/mol. The fourth-order valence-electron chi connectivity index (χ4n) is 3.18. The van der Waals surface area contributed by atoms with E-state index in [2.05, 4.69) is 52.7 Å². The molecule has 1 N–H and O–H groups in total. The highest BCUT2D eigenvalue weighted by Crippen LogP contribution is 2.34. The zero-order chi connectivity index (χ0) is 15.8. The molecule has 0 fully saturated rings. The molecule has 0 aliphatic carbocycles. The van der Waals surface area contributed by atoms with Gasteiger partial charge in [-0.3, -0.25) is 3.97 Å². The van der Waals surface area contributed by atoms with Crippen molar-refractivity contribution in [3.05, 3.63) is 64.8 Å². The van der Waals surface area contributed by atoms with Gasteiger partial charge < -0.3 is 5.32 Å². The highest BCUT2D eigenvalue weighted by Gasteiger charge is 2.16. The molecule has 3 nitrogen and oxygen atoms in total. The molecule has 0 bridgehead atoms. The molecule has 23 heavy (non-hydrogen) atoms. The highest BCUT2D eigenvalue weighted by molar-refractivity contribution is 7.98. The first-order valence-electron chi connectivity index (χ1n) is 7.78. The maximum absolute atomic E-state index is 9.36. The second-order valence-corrected chi connectivity index (χ2v) is 6.94. The van der Waals surface area contributed by atoms with Gasteiger partial charge in [-0.2, -0.15) is 5.26 Å². The smallest absolute Gasteiger partial charge is 0.100 e. The van der Waals surface area contributed by atoms with Crippen LogP contribution in [0.25, 0.3) is 10.9 Å². The summed E-state index contributed by atoms with van der Waals surface area (Å²) >= 11 is 1.64. The Morgan fingerprint density at radius 1 is 1.22 bits per heavy atom. The van der Waals surface area contributed by atoms with E-state index in [0.717, 1.165) is 30.0 Å². The molecule has 0 amide bonds. The molecule has 114 valence electrons. The van der Waals surface area contributed by atoms with E-state index in [-0.39, 0.29) is 0 Å². The maximum atomic E-state index is 9.36. The van der Waals surface area contributed by atoms with Crippen LogP contribution in [0.2, 0.25) is 0 Å². The van der Waals surface area contributed by atoms with Crippen molar-refractivity contribution in [1.29, 1.82) is 5.26 Å². The molecule has 4 heteroatoms. The number of nitriles is 1. The molecule has 0 saturated heterocycles. The molecule has 2 aromatic carbocycles. The average molecular weight is 319 g/mol. The molecule has 4 rings (SSSR count). The summed E-state index contributed by atoms with van der Waals surface area (Å²) < 4.78 is 2.22. The Morgan fingerprint density at radius 2 is 2.13 bits per heavy atom. The molecular formula is C19H17N3S. The van der Waals surface area contributed by atoms with E-state index in [9.17, 15) is 5.26 Å². The summed E-state index contributed by atoms with van der Waals surface area (Å²) in [4.78, 5) is 1.01. The highest BCUT2D eigenvalue weighted by atomic mass is 32.2. The fraction of sp³-hybridized carbons (Fsp3) is 0.211. The van der Waals surface area contributed by atoms with E-state index in [1.165, 1.54) is 27.6 Å². The topological polar surface area (TPSA) is 40.8 Å². The van der Waals surface area contributed by atoms with Gasteiger partial charge in [0.15, 0.2) is 0 Å². The minimum atomic E-state index is 0.730. The zero-order valence-electron chi connectivity index (χ0n) is 13.0. The van der Waals surface area contributed by atoms with E-state index in [1.54, 1.807) is 11.9 Å². The third kappa shape index (κ3) is 2.52. The van der Waals surface area contributed by atoms with Gasteiger partial charge in [0.2, 0.25) is 0 Å². The molecule has 0 saturated carbocycles. The number of benzene rings is 2. The first-order chi connectivity index (χ1) is 11.3. The van der Waals surface area contributed by atoms with Crippen LogP contribution >= 0.6 is 11.9 Å². The van der Waals surface area contributed by atoms with Gasteiger partial charge in [0.1, 0.15) is 6.07 Å². The predicted molar refractivity (Wildman–Crippen MR) is 94.5 cm³/mol. The number of aryl methyl sites for hydroxylation is 1. The number of aromatic nitrogens is 1. The average Bonchev–Trinajstić information content (AvgIpc) is 2.77. The number of hydrogen-bond acceptors (Lipinski definition) is 3. The Morgan fingerprint density at radius 3 is 3.00 bits per heavy atom. The monoisotopic (exact) mass is 319 g/mol. The van der Waals surface area contributed by atoms with Crippen LogP contribution in [-0.2, 0) is 13.0 Å². The van der Waals surface area contributed by atoms with E-state index < -0.39 is 0 Å². The summed E-state index contributed by atoms with van der Waals surface area (Å²) in [6, 6.07) is 14.8. The van der Waals surface area contributed by atoms with Gasteiger partial charge in [0.25, 0.3) is 0 Å². The number of nitrogens with zero attached hydrogens (tertiary/aromatic N) is 2. The van der Waals surface area contributed by atoms with Gasteiger partial charge in [-0.15, -0.1) is 0 Å². The van der Waals surface area contributed by atoms with Crippen LogP contribution in [0.15, 0.2) is 47.5 Å². The van der Waals surface area contributed by atoms with Gasteiger partial charge >= 0.3 is 0 Å². The number of nitrogens with one attached hydrogen (secondary N) is 1. The molecule has 0 radical (unpaired) electrons. The lowest BCUT2D eigenvalue weighted by molar-refractivity contribution is 0.701. The molecule has 1 aliphatic heterocycles. The van der Waals surface area contributed by atoms with Crippen molar-refractivity contribution in [2.75, 3.05) is 6.54 Å². The van der Waals surface area contributed by atoms with E-state index in [1.807, 2.05) is 12.1 Å².